The van der Waals surface area contributed by atoms with Gasteiger partial charge >= 0.3 is 0 Å². The Morgan fingerprint density at radius 2 is 1.90 bits per heavy atom. The maximum atomic E-state index is 13.4. The molecule has 1 aromatic rings. The monoisotopic (exact) mass is 330 g/mol. The topological polar surface area (TPSA) is 41.1 Å². The van der Waals surface area contributed by atoms with E-state index in [9.17, 15) is 9.18 Å². The van der Waals surface area contributed by atoms with Crippen LogP contribution in [0.4, 0.5) is 10.1 Å². The molecule has 0 aromatic heterocycles. The number of hydrogen-bond acceptors (Lipinski definition) is 2. The number of hydrogen-bond donors (Lipinski definition) is 2. The quantitative estimate of drug-likeness (QED) is 0.805. The maximum absolute atomic E-state index is 13.4. The van der Waals surface area contributed by atoms with E-state index in [1.54, 1.807) is 0 Å². The molecule has 1 aliphatic carbocycles. The number of anilines is 1. The molecule has 3 unspecified atom stereocenters. The van der Waals surface area contributed by atoms with Crippen LogP contribution in [0.25, 0.3) is 0 Å². The molecule has 1 saturated heterocycles. The summed E-state index contributed by atoms with van der Waals surface area (Å²) in [6.07, 6.45) is 5.67. The van der Waals surface area contributed by atoms with Gasteiger partial charge in [-0.2, -0.15) is 0 Å². The first-order valence-electron chi connectivity index (χ1n) is 7.26. The minimum atomic E-state index is -0.665. The SMILES string of the molecule is O=C(Nc1cc(Cl)c(F)c(Cl)c1)C1CC2CCCCC2N1. The Morgan fingerprint density at radius 1 is 1.24 bits per heavy atom. The molecule has 21 heavy (non-hydrogen) atoms. The minimum Gasteiger partial charge on any atom is -0.325 e. The van der Waals surface area contributed by atoms with Gasteiger partial charge in [0.25, 0.3) is 0 Å². The van der Waals surface area contributed by atoms with Gasteiger partial charge in [0.2, 0.25) is 5.91 Å². The number of fused-ring (bicyclic) bond motifs is 1. The average Bonchev–Trinajstić information content (AvgIpc) is 2.88. The zero-order chi connectivity index (χ0) is 15.0. The molecule has 3 rings (SSSR count). The highest BCUT2D eigenvalue weighted by molar-refractivity contribution is 6.35. The molecule has 114 valence electrons. The van der Waals surface area contributed by atoms with Crippen LogP contribution >= 0.6 is 23.2 Å². The molecular formula is C15H17Cl2FN2O. The minimum absolute atomic E-state index is 0.0918. The smallest absolute Gasteiger partial charge is 0.241 e. The van der Waals surface area contributed by atoms with Gasteiger partial charge in [-0.05, 0) is 37.3 Å². The van der Waals surface area contributed by atoms with Gasteiger partial charge in [-0.1, -0.05) is 36.0 Å². The van der Waals surface area contributed by atoms with E-state index in [1.165, 1.54) is 31.4 Å². The third-order valence-corrected chi connectivity index (χ3v) is 4.98. The molecule has 2 aliphatic rings. The molecular weight excluding hydrogens is 314 g/mol. The van der Waals surface area contributed by atoms with Crippen molar-refractivity contribution in [3.05, 3.63) is 28.0 Å². The lowest BCUT2D eigenvalue weighted by Crippen LogP contribution is -2.39. The van der Waals surface area contributed by atoms with Crippen molar-refractivity contribution in [2.75, 3.05) is 5.32 Å². The van der Waals surface area contributed by atoms with Crippen molar-refractivity contribution in [1.82, 2.24) is 5.32 Å². The van der Waals surface area contributed by atoms with Crippen molar-refractivity contribution in [3.63, 3.8) is 0 Å². The highest BCUT2D eigenvalue weighted by Crippen LogP contribution is 2.34. The summed E-state index contributed by atoms with van der Waals surface area (Å²) >= 11 is 11.5. The fraction of sp³-hybridized carbons (Fsp3) is 0.533. The maximum Gasteiger partial charge on any atom is 0.241 e. The van der Waals surface area contributed by atoms with Crippen molar-refractivity contribution in [2.24, 2.45) is 5.92 Å². The molecule has 3 atom stereocenters. The third-order valence-electron chi connectivity index (χ3n) is 4.43. The molecule has 1 saturated carbocycles. The second-order valence-electron chi connectivity index (χ2n) is 5.85. The fourth-order valence-corrected chi connectivity index (χ4v) is 3.87. The molecule has 1 aliphatic heterocycles. The number of halogens is 3. The van der Waals surface area contributed by atoms with E-state index in [-0.39, 0.29) is 22.0 Å². The Bertz CT molecular complexity index is 530. The average molecular weight is 331 g/mol. The summed E-state index contributed by atoms with van der Waals surface area (Å²) in [6, 6.07) is 3.02. The molecule has 1 aromatic carbocycles. The lowest BCUT2D eigenvalue weighted by molar-refractivity contribution is -0.117. The summed E-state index contributed by atoms with van der Waals surface area (Å²) in [5.74, 6) is -0.181. The van der Waals surface area contributed by atoms with Crippen LogP contribution in [-0.4, -0.2) is 18.0 Å². The van der Waals surface area contributed by atoms with E-state index in [0.29, 0.717) is 17.6 Å². The summed E-state index contributed by atoms with van der Waals surface area (Å²) < 4.78 is 13.4. The first-order valence-corrected chi connectivity index (χ1v) is 8.01. The molecule has 1 heterocycles. The third kappa shape index (κ3) is 3.17. The van der Waals surface area contributed by atoms with Gasteiger partial charge in [0.05, 0.1) is 16.1 Å². The number of benzene rings is 1. The van der Waals surface area contributed by atoms with Crippen molar-refractivity contribution in [2.45, 2.75) is 44.2 Å². The predicted molar refractivity (Wildman–Crippen MR) is 82.3 cm³/mol. The standard InChI is InChI=1S/C15H17Cl2FN2O/c16-10-6-9(7-11(17)14(10)18)19-15(21)13-5-8-3-1-2-4-12(8)20-13/h6-8,12-13,20H,1-5H2,(H,19,21). The van der Waals surface area contributed by atoms with E-state index in [0.717, 1.165) is 12.8 Å². The molecule has 6 heteroatoms. The van der Waals surface area contributed by atoms with Crippen LogP contribution in [0, 0.1) is 11.7 Å². The lowest BCUT2D eigenvalue weighted by atomic mass is 9.85. The Kier molecular flexibility index (Phi) is 4.38. The molecule has 1 amide bonds. The van der Waals surface area contributed by atoms with Crippen LogP contribution < -0.4 is 10.6 Å². The number of carbonyl (C=O) groups is 1. The van der Waals surface area contributed by atoms with Crippen LogP contribution in [0.3, 0.4) is 0 Å². The summed E-state index contributed by atoms with van der Waals surface area (Å²) in [6.45, 7) is 0. The number of carbonyl (C=O) groups excluding carboxylic acids is 1. The van der Waals surface area contributed by atoms with Gasteiger partial charge in [0.15, 0.2) is 5.82 Å². The Hall–Kier alpha value is -0.840. The van der Waals surface area contributed by atoms with Crippen LogP contribution in [0.15, 0.2) is 12.1 Å². The zero-order valence-electron chi connectivity index (χ0n) is 11.5. The molecule has 2 fully saturated rings. The number of amides is 1. The van der Waals surface area contributed by atoms with E-state index in [1.807, 2.05) is 0 Å². The van der Waals surface area contributed by atoms with Gasteiger partial charge in [0, 0.05) is 11.7 Å². The number of nitrogens with one attached hydrogen (secondary N) is 2. The molecule has 2 N–H and O–H groups in total. The normalized spacial score (nSPS) is 28.2. The second kappa shape index (κ2) is 6.11. The van der Waals surface area contributed by atoms with Crippen LogP contribution in [0.2, 0.25) is 10.0 Å². The first-order chi connectivity index (χ1) is 10.0. The van der Waals surface area contributed by atoms with Gasteiger partial charge < -0.3 is 10.6 Å². The van der Waals surface area contributed by atoms with E-state index in [2.05, 4.69) is 10.6 Å². The molecule has 3 nitrogen and oxygen atoms in total. The summed E-state index contributed by atoms with van der Waals surface area (Å²) in [5.41, 5.74) is 0.424. The number of rotatable bonds is 2. The van der Waals surface area contributed by atoms with Crippen molar-refractivity contribution < 1.29 is 9.18 Å². The van der Waals surface area contributed by atoms with E-state index >= 15 is 0 Å². The van der Waals surface area contributed by atoms with Gasteiger partial charge in [0.1, 0.15) is 0 Å². The van der Waals surface area contributed by atoms with Gasteiger partial charge in [-0.15, -0.1) is 0 Å². The van der Waals surface area contributed by atoms with E-state index < -0.39 is 5.82 Å². The van der Waals surface area contributed by atoms with Gasteiger partial charge in [-0.3, -0.25) is 4.79 Å². The van der Waals surface area contributed by atoms with Crippen molar-refractivity contribution in [3.8, 4) is 0 Å². The van der Waals surface area contributed by atoms with Crippen LogP contribution in [0.1, 0.15) is 32.1 Å². The Labute approximate surface area is 133 Å². The Morgan fingerprint density at radius 3 is 2.57 bits per heavy atom. The van der Waals surface area contributed by atoms with Gasteiger partial charge in [-0.25, -0.2) is 4.39 Å². The fourth-order valence-electron chi connectivity index (χ4n) is 3.38. The largest absolute Gasteiger partial charge is 0.325 e. The predicted octanol–water partition coefficient (Wildman–Crippen LogP) is 3.99. The van der Waals surface area contributed by atoms with Crippen molar-refractivity contribution in [1.29, 1.82) is 0 Å². The second-order valence-corrected chi connectivity index (χ2v) is 6.66. The Balaban J connectivity index is 1.67. The zero-order valence-corrected chi connectivity index (χ0v) is 13.0. The van der Waals surface area contributed by atoms with Crippen LogP contribution in [-0.2, 0) is 4.79 Å². The molecule has 0 radical (unpaired) electrons. The van der Waals surface area contributed by atoms with Crippen LogP contribution in [0.5, 0.6) is 0 Å². The summed E-state index contributed by atoms with van der Waals surface area (Å²) in [5, 5.41) is 5.98. The summed E-state index contributed by atoms with van der Waals surface area (Å²) in [7, 11) is 0. The van der Waals surface area contributed by atoms with Crippen molar-refractivity contribution >= 4 is 34.8 Å². The summed E-state index contributed by atoms with van der Waals surface area (Å²) in [4.78, 5) is 12.3. The lowest BCUT2D eigenvalue weighted by Gasteiger charge is -2.24. The molecule has 0 bridgehead atoms. The highest BCUT2D eigenvalue weighted by atomic mass is 35.5. The van der Waals surface area contributed by atoms with E-state index in [4.69, 9.17) is 23.2 Å². The molecule has 0 spiro atoms. The highest BCUT2D eigenvalue weighted by Gasteiger charge is 2.38. The first kappa shape index (κ1) is 15.1.